The van der Waals surface area contributed by atoms with Gasteiger partial charge in [-0.15, -0.1) is 0 Å². The fourth-order valence-corrected chi connectivity index (χ4v) is 3.88. The molecule has 0 saturated heterocycles. The second-order valence-electron chi connectivity index (χ2n) is 6.98. The van der Waals surface area contributed by atoms with E-state index in [1.54, 1.807) is 24.5 Å². The van der Waals surface area contributed by atoms with Crippen LogP contribution in [0.4, 0.5) is 0 Å². The van der Waals surface area contributed by atoms with Crippen molar-refractivity contribution in [3.8, 4) is 5.75 Å². The number of hydrogen-bond acceptors (Lipinski definition) is 6. The van der Waals surface area contributed by atoms with Crippen LogP contribution in [0.25, 0.3) is 0 Å². The molecule has 0 radical (unpaired) electrons. The normalized spacial score (nSPS) is 18.7. The first-order chi connectivity index (χ1) is 12.6. The van der Waals surface area contributed by atoms with Crippen LogP contribution in [0.3, 0.4) is 0 Å². The Morgan fingerprint density at radius 1 is 1.38 bits per heavy atom. The molecule has 1 fully saturated rings. The Bertz CT molecular complexity index is 526. The van der Waals surface area contributed by atoms with Gasteiger partial charge >= 0.3 is 0 Å². The fourth-order valence-electron chi connectivity index (χ4n) is 3.37. The highest BCUT2D eigenvalue weighted by Gasteiger charge is 2.28. The molecule has 0 spiro atoms. The minimum atomic E-state index is -0.782. The number of rotatable bonds is 10. The third kappa shape index (κ3) is 7.13. The van der Waals surface area contributed by atoms with Crippen molar-refractivity contribution in [3.05, 3.63) is 24.5 Å². The molecule has 26 heavy (non-hydrogen) atoms. The van der Waals surface area contributed by atoms with Crippen LogP contribution in [-0.2, 0) is 4.79 Å². The van der Waals surface area contributed by atoms with E-state index in [4.69, 9.17) is 10.5 Å². The molecule has 1 aromatic rings. The quantitative estimate of drug-likeness (QED) is 0.573. The van der Waals surface area contributed by atoms with Crippen molar-refractivity contribution < 1.29 is 14.6 Å². The van der Waals surface area contributed by atoms with Gasteiger partial charge in [-0.3, -0.25) is 9.78 Å². The molecular formula is C19H31N3O3S. The fraction of sp³-hybridized carbons (Fsp3) is 0.684. The molecular weight excluding hydrogens is 350 g/mol. The minimum Gasteiger partial charge on any atom is -0.491 e. The van der Waals surface area contributed by atoms with Crippen molar-refractivity contribution in [3.63, 3.8) is 0 Å². The molecule has 1 aliphatic carbocycles. The lowest BCUT2D eigenvalue weighted by atomic mass is 9.83. The number of carbonyl (C=O) groups excluding carboxylic acids is 1. The topological polar surface area (TPSA) is 97.5 Å². The van der Waals surface area contributed by atoms with Crippen molar-refractivity contribution >= 4 is 17.7 Å². The molecule has 1 aromatic heterocycles. The SMILES string of the molecule is CSC[C@H](N)C(=O)N[C@@H](CC1CCCCC1)[C@@H](O)COc1ccncc1. The lowest BCUT2D eigenvalue weighted by Gasteiger charge is -2.30. The van der Waals surface area contributed by atoms with Crippen molar-refractivity contribution in [2.75, 3.05) is 18.6 Å². The maximum Gasteiger partial charge on any atom is 0.238 e. The van der Waals surface area contributed by atoms with Crippen LogP contribution in [0.1, 0.15) is 38.5 Å². The van der Waals surface area contributed by atoms with Crippen molar-refractivity contribution in [1.82, 2.24) is 10.3 Å². The number of pyridine rings is 1. The van der Waals surface area contributed by atoms with Crippen LogP contribution >= 0.6 is 11.8 Å². The Morgan fingerprint density at radius 3 is 2.73 bits per heavy atom. The highest BCUT2D eigenvalue weighted by atomic mass is 32.2. The molecule has 0 aromatic carbocycles. The molecule has 3 atom stereocenters. The Hall–Kier alpha value is -1.31. The van der Waals surface area contributed by atoms with E-state index >= 15 is 0 Å². The van der Waals surface area contributed by atoms with Crippen molar-refractivity contribution in [2.45, 2.75) is 56.7 Å². The largest absolute Gasteiger partial charge is 0.491 e. The molecule has 146 valence electrons. The molecule has 1 heterocycles. The Balaban J connectivity index is 1.94. The summed E-state index contributed by atoms with van der Waals surface area (Å²) in [6, 6.07) is 2.58. The summed E-state index contributed by atoms with van der Waals surface area (Å²) in [4.78, 5) is 16.3. The third-order valence-corrected chi connectivity index (χ3v) is 5.55. The molecule has 0 aliphatic heterocycles. The van der Waals surface area contributed by atoms with Gasteiger partial charge in [0.1, 0.15) is 18.5 Å². The zero-order chi connectivity index (χ0) is 18.8. The predicted molar refractivity (Wildman–Crippen MR) is 105 cm³/mol. The highest BCUT2D eigenvalue weighted by molar-refractivity contribution is 7.98. The van der Waals surface area contributed by atoms with Gasteiger partial charge < -0.3 is 20.9 Å². The minimum absolute atomic E-state index is 0.124. The first-order valence-electron chi connectivity index (χ1n) is 9.36. The molecule has 1 saturated carbocycles. The van der Waals surface area contributed by atoms with Crippen LogP contribution in [0, 0.1) is 5.92 Å². The summed E-state index contributed by atoms with van der Waals surface area (Å²) >= 11 is 1.54. The zero-order valence-corrected chi connectivity index (χ0v) is 16.3. The highest BCUT2D eigenvalue weighted by Crippen LogP contribution is 2.28. The molecule has 0 bridgehead atoms. The van der Waals surface area contributed by atoms with Crippen LogP contribution < -0.4 is 15.8 Å². The number of nitrogens with two attached hydrogens (primary N) is 1. The number of aliphatic hydroxyl groups is 1. The summed E-state index contributed by atoms with van der Waals surface area (Å²) in [5.41, 5.74) is 5.92. The number of carbonyl (C=O) groups is 1. The smallest absolute Gasteiger partial charge is 0.238 e. The molecule has 1 aliphatic rings. The standard InChI is InChI=1S/C19H31N3O3S/c1-26-13-16(20)19(24)22-17(11-14-5-3-2-4-6-14)18(23)12-25-15-7-9-21-10-8-15/h7-10,14,16-18,23H,2-6,11-13,20H2,1H3,(H,22,24)/t16-,17-,18-/m0/s1. The number of amides is 1. The summed E-state index contributed by atoms with van der Waals surface area (Å²) in [5, 5.41) is 13.6. The van der Waals surface area contributed by atoms with E-state index in [0.717, 1.165) is 19.3 Å². The van der Waals surface area contributed by atoms with Gasteiger partial charge in [0.05, 0.1) is 12.1 Å². The van der Waals surface area contributed by atoms with E-state index in [1.165, 1.54) is 31.0 Å². The number of aliphatic hydroxyl groups excluding tert-OH is 1. The van der Waals surface area contributed by atoms with Crippen LogP contribution in [0.2, 0.25) is 0 Å². The van der Waals surface area contributed by atoms with E-state index in [0.29, 0.717) is 17.4 Å². The zero-order valence-electron chi connectivity index (χ0n) is 15.5. The summed E-state index contributed by atoms with van der Waals surface area (Å²) < 4.78 is 5.65. The first kappa shape index (κ1) is 21.0. The van der Waals surface area contributed by atoms with Gasteiger partial charge in [-0.2, -0.15) is 11.8 Å². The van der Waals surface area contributed by atoms with Gasteiger partial charge in [0.2, 0.25) is 5.91 Å². The monoisotopic (exact) mass is 381 g/mol. The van der Waals surface area contributed by atoms with Crippen LogP contribution in [-0.4, -0.2) is 52.8 Å². The number of ether oxygens (including phenoxy) is 1. The van der Waals surface area contributed by atoms with E-state index in [9.17, 15) is 9.90 Å². The Kier molecular flexibility index (Phi) is 9.22. The maximum atomic E-state index is 12.4. The van der Waals surface area contributed by atoms with E-state index < -0.39 is 12.1 Å². The van der Waals surface area contributed by atoms with E-state index in [1.807, 2.05) is 6.26 Å². The second kappa shape index (κ2) is 11.4. The summed E-state index contributed by atoms with van der Waals surface area (Å²) in [6.07, 6.45) is 11.2. The first-order valence-corrected chi connectivity index (χ1v) is 10.7. The maximum absolute atomic E-state index is 12.4. The molecule has 7 heteroatoms. The summed E-state index contributed by atoms with van der Waals surface area (Å²) in [7, 11) is 0. The number of aromatic nitrogens is 1. The molecule has 6 nitrogen and oxygen atoms in total. The van der Waals surface area contributed by atoms with Gasteiger partial charge in [0.25, 0.3) is 0 Å². The van der Waals surface area contributed by atoms with Gasteiger partial charge in [-0.05, 0) is 30.7 Å². The average Bonchev–Trinajstić information content (AvgIpc) is 2.67. The van der Waals surface area contributed by atoms with Crippen molar-refractivity contribution in [1.29, 1.82) is 0 Å². The van der Waals surface area contributed by atoms with Crippen LogP contribution in [0.15, 0.2) is 24.5 Å². The van der Waals surface area contributed by atoms with Gasteiger partial charge in [0.15, 0.2) is 0 Å². The van der Waals surface area contributed by atoms with E-state index in [-0.39, 0.29) is 18.6 Å². The lowest BCUT2D eigenvalue weighted by Crippen LogP contribution is -2.52. The van der Waals surface area contributed by atoms with Gasteiger partial charge in [-0.1, -0.05) is 32.1 Å². The number of thioether (sulfide) groups is 1. The third-order valence-electron chi connectivity index (χ3n) is 4.86. The predicted octanol–water partition coefficient (Wildman–Crippen LogP) is 1.97. The number of nitrogens with one attached hydrogen (secondary N) is 1. The Morgan fingerprint density at radius 2 is 2.08 bits per heavy atom. The second-order valence-corrected chi connectivity index (χ2v) is 7.89. The van der Waals surface area contributed by atoms with Gasteiger partial charge in [-0.25, -0.2) is 0 Å². The molecule has 4 N–H and O–H groups in total. The lowest BCUT2D eigenvalue weighted by molar-refractivity contribution is -0.123. The van der Waals surface area contributed by atoms with E-state index in [2.05, 4.69) is 10.3 Å². The average molecular weight is 382 g/mol. The summed E-state index contributed by atoms with van der Waals surface area (Å²) in [5.74, 6) is 1.54. The molecule has 1 amide bonds. The van der Waals surface area contributed by atoms with Gasteiger partial charge in [0, 0.05) is 18.1 Å². The molecule has 2 rings (SSSR count). The number of nitrogens with zero attached hydrogens (tertiary/aromatic N) is 1. The number of hydrogen-bond donors (Lipinski definition) is 3. The molecule has 0 unspecified atom stereocenters. The summed E-state index contributed by atoms with van der Waals surface area (Å²) in [6.45, 7) is 0.124. The Labute approximate surface area is 160 Å². The van der Waals surface area contributed by atoms with Crippen LogP contribution in [0.5, 0.6) is 5.75 Å². The van der Waals surface area contributed by atoms with Crippen molar-refractivity contribution in [2.24, 2.45) is 11.7 Å².